The average Bonchev–Trinajstić information content (AvgIpc) is 3.46. The van der Waals surface area contributed by atoms with Gasteiger partial charge in [0, 0.05) is 37.6 Å². The standard InChI is InChI=1S/C20H32N4O/c1-3-21-19(22-15-17(2)24-11-13-25-14-12-24)23-16-20(9-10-20)18-7-5-4-6-8-18/h4-8,17H,3,9-16H2,1-2H3,(H2,21,22,23). The molecule has 0 spiro atoms. The molecule has 5 nitrogen and oxygen atoms in total. The second-order valence-corrected chi connectivity index (χ2v) is 7.22. The summed E-state index contributed by atoms with van der Waals surface area (Å²) in [6.07, 6.45) is 2.48. The Balaban J connectivity index is 1.54. The van der Waals surface area contributed by atoms with E-state index < -0.39 is 0 Å². The SMILES string of the molecule is CCNC(=NCC1(c2ccccc2)CC1)NCC(C)N1CCOCC1. The summed E-state index contributed by atoms with van der Waals surface area (Å²) in [5.74, 6) is 0.935. The monoisotopic (exact) mass is 344 g/mol. The van der Waals surface area contributed by atoms with Gasteiger partial charge in [-0.15, -0.1) is 0 Å². The highest BCUT2D eigenvalue weighted by Crippen LogP contribution is 2.48. The van der Waals surface area contributed by atoms with E-state index in [-0.39, 0.29) is 5.41 Å². The van der Waals surface area contributed by atoms with Crippen molar-refractivity contribution in [1.82, 2.24) is 15.5 Å². The van der Waals surface area contributed by atoms with Gasteiger partial charge in [-0.1, -0.05) is 30.3 Å². The molecule has 138 valence electrons. The molecule has 1 unspecified atom stereocenters. The van der Waals surface area contributed by atoms with E-state index in [0.29, 0.717) is 6.04 Å². The third kappa shape index (κ3) is 4.95. The molecular formula is C20H32N4O. The predicted molar refractivity (Wildman–Crippen MR) is 103 cm³/mol. The lowest BCUT2D eigenvalue weighted by Gasteiger charge is -2.32. The Morgan fingerprint density at radius 1 is 1.20 bits per heavy atom. The maximum absolute atomic E-state index is 5.44. The van der Waals surface area contributed by atoms with Crippen LogP contribution in [0.3, 0.4) is 0 Å². The second-order valence-electron chi connectivity index (χ2n) is 7.22. The van der Waals surface area contributed by atoms with Crippen LogP contribution in [-0.2, 0) is 10.2 Å². The molecule has 2 aliphatic rings. The van der Waals surface area contributed by atoms with Crippen molar-refractivity contribution in [3.63, 3.8) is 0 Å². The number of benzene rings is 1. The van der Waals surface area contributed by atoms with E-state index in [2.05, 4.69) is 59.7 Å². The molecular weight excluding hydrogens is 312 g/mol. The highest BCUT2D eigenvalue weighted by molar-refractivity contribution is 5.79. The lowest BCUT2D eigenvalue weighted by molar-refractivity contribution is 0.0211. The van der Waals surface area contributed by atoms with E-state index in [0.717, 1.165) is 51.9 Å². The van der Waals surface area contributed by atoms with E-state index in [9.17, 15) is 0 Å². The van der Waals surface area contributed by atoms with Crippen LogP contribution in [-0.4, -0.2) is 62.8 Å². The van der Waals surface area contributed by atoms with Gasteiger partial charge in [-0.3, -0.25) is 9.89 Å². The number of morpholine rings is 1. The van der Waals surface area contributed by atoms with Crippen molar-refractivity contribution in [3.8, 4) is 0 Å². The van der Waals surface area contributed by atoms with Gasteiger partial charge >= 0.3 is 0 Å². The summed E-state index contributed by atoms with van der Waals surface area (Å²) in [6, 6.07) is 11.3. The van der Waals surface area contributed by atoms with Gasteiger partial charge in [-0.25, -0.2) is 0 Å². The van der Waals surface area contributed by atoms with E-state index in [1.165, 1.54) is 18.4 Å². The van der Waals surface area contributed by atoms with Crippen LogP contribution in [0.1, 0.15) is 32.3 Å². The second kappa shape index (κ2) is 8.68. The number of guanidine groups is 1. The van der Waals surface area contributed by atoms with Gasteiger partial charge in [0.1, 0.15) is 0 Å². The minimum Gasteiger partial charge on any atom is -0.379 e. The molecule has 2 fully saturated rings. The largest absolute Gasteiger partial charge is 0.379 e. The molecule has 5 heteroatoms. The van der Waals surface area contributed by atoms with Crippen molar-refractivity contribution in [3.05, 3.63) is 35.9 Å². The van der Waals surface area contributed by atoms with Crippen molar-refractivity contribution >= 4 is 5.96 Å². The first-order chi connectivity index (χ1) is 12.2. The molecule has 1 aromatic carbocycles. The van der Waals surface area contributed by atoms with Gasteiger partial charge in [-0.05, 0) is 32.3 Å². The lowest BCUT2D eigenvalue weighted by Crippen LogP contribution is -2.49. The first-order valence-corrected chi connectivity index (χ1v) is 9.63. The molecule has 1 saturated carbocycles. The summed E-state index contributed by atoms with van der Waals surface area (Å²) in [6.45, 7) is 10.8. The molecule has 3 rings (SSSR count). The fourth-order valence-corrected chi connectivity index (χ4v) is 3.44. The number of hydrogen-bond acceptors (Lipinski definition) is 3. The van der Waals surface area contributed by atoms with Gasteiger partial charge in [0.15, 0.2) is 5.96 Å². The third-order valence-electron chi connectivity index (χ3n) is 5.36. The fourth-order valence-electron chi connectivity index (χ4n) is 3.44. The zero-order valence-corrected chi connectivity index (χ0v) is 15.6. The number of aliphatic imine (C=N–C) groups is 1. The maximum atomic E-state index is 5.44. The van der Waals surface area contributed by atoms with Crippen LogP contribution in [0.4, 0.5) is 0 Å². The minimum absolute atomic E-state index is 0.263. The highest BCUT2D eigenvalue weighted by Gasteiger charge is 2.43. The van der Waals surface area contributed by atoms with Gasteiger partial charge in [0.25, 0.3) is 0 Å². The molecule has 1 saturated heterocycles. The Morgan fingerprint density at radius 3 is 2.56 bits per heavy atom. The van der Waals surface area contributed by atoms with Crippen LogP contribution >= 0.6 is 0 Å². The Morgan fingerprint density at radius 2 is 1.92 bits per heavy atom. The van der Waals surface area contributed by atoms with E-state index >= 15 is 0 Å². The molecule has 0 radical (unpaired) electrons. The van der Waals surface area contributed by atoms with Gasteiger partial charge in [-0.2, -0.15) is 0 Å². The molecule has 1 aromatic rings. The van der Waals surface area contributed by atoms with E-state index in [1.54, 1.807) is 0 Å². The Labute approximate surface area is 151 Å². The van der Waals surface area contributed by atoms with Crippen molar-refractivity contribution in [1.29, 1.82) is 0 Å². The topological polar surface area (TPSA) is 48.9 Å². The Kier molecular flexibility index (Phi) is 6.32. The van der Waals surface area contributed by atoms with Crippen LogP contribution < -0.4 is 10.6 Å². The first-order valence-electron chi connectivity index (χ1n) is 9.63. The van der Waals surface area contributed by atoms with Gasteiger partial charge in [0.05, 0.1) is 19.8 Å². The summed E-state index contributed by atoms with van der Waals surface area (Å²) >= 11 is 0. The van der Waals surface area contributed by atoms with Gasteiger partial charge in [0.2, 0.25) is 0 Å². The molecule has 0 bridgehead atoms. The third-order valence-corrected chi connectivity index (χ3v) is 5.36. The number of ether oxygens (including phenoxy) is 1. The number of nitrogens with zero attached hydrogens (tertiary/aromatic N) is 2. The number of rotatable bonds is 7. The summed E-state index contributed by atoms with van der Waals surface area (Å²) in [5.41, 5.74) is 1.69. The molecule has 1 aliphatic carbocycles. The van der Waals surface area contributed by atoms with Crippen LogP contribution in [0.15, 0.2) is 35.3 Å². The molecule has 1 heterocycles. The van der Waals surface area contributed by atoms with Crippen LogP contribution in [0.25, 0.3) is 0 Å². The van der Waals surface area contributed by atoms with Crippen molar-refractivity contribution in [2.24, 2.45) is 4.99 Å². The predicted octanol–water partition coefficient (Wildman–Crippen LogP) is 1.99. The highest BCUT2D eigenvalue weighted by atomic mass is 16.5. The smallest absolute Gasteiger partial charge is 0.191 e. The molecule has 1 atom stereocenters. The molecule has 0 amide bonds. The zero-order valence-electron chi connectivity index (χ0n) is 15.6. The Hall–Kier alpha value is -1.59. The van der Waals surface area contributed by atoms with Crippen molar-refractivity contribution in [2.75, 3.05) is 45.9 Å². The summed E-state index contributed by atoms with van der Waals surface area (Å²) in [4.78, 5) is 7.37. The number of hydrogen-bond donors (Lipinski definition) is 2. The average molecular weight is 345 g/mol. The fraction of sp³-hybridized carbons (Fsp3) is 0.650. The van der Waals surface area contributed by atoms with Crippen molar-refractivity contribution in [2.45, 2.75) is 38.1 Å². The summed E-state index contributed by atoms with van der Waals surface area (Å²) < 4.78 is 5.44. The number of nitrogens with one attached hydrogen (secondary N) is 2. The van der Waals surface area contributed by atoms with Crippen molar-refractivity contribution < 1.29 is 4.74 Å². The minimum atomic E-state index is 0.263. The normalized spacial score (nSPS) is 21.6. The molecule has 2 N–H and O–H groups in total. The van der Waals surface area contributed by atoms with E-state index in [1.807, 2.05) is 0 Å². The van der Waals surface area contributed by atoms with Crippen LogP contribution in [0.2, 0.25) is 0 Å². The summed E-state index contributed by atoms with van der Waals surface area (Å²) in [7, 11) is 0. The molecule has 0 aromatic heterocycles. The molecule has 25 heavy (non-hydrogen) atoms. The zero-order chi connectivity index (χ0) is 17.5. The quantitative estimate of drug-likeness (QED) is 0.587. The first kappa shape index (κ1) is 18.2. The Bertz CT molecular complexity index is 550. The van der Waals surface area contributed by atoms with Crippen LogP contribution in [0, 0.1) is 0 Å². The lowest BCUT2D eigenvalue weighted by atomic mass is 9.96. The van der Waals surface area contributed by atoms with Crippen LogP contribution in [0.5, 0.6) is 0 Å². The van der Waals surface area contributed by atoms with E-state index in [4.69, 9.17) is 9.73 Å². The molecule has 1 aliphatic heterocycles. The summed E-state index contributed by atoms with van der Waals surface area (Å²) in [5, 5.41) is 6.91. The van der Waals surface area contributed by atoms with Gasteiger partial charge < -0.3 is 15.4 Å². The maximum Gasteiger partial charge on any atom is 0.191 e.